The second-order valence-corrected chi connectivity index (χ2v) is 5.40. The van der Waals surface area contributed by atoms with Crippen molar-refractivity contribution < 1.29 is 9.13 Å². The van der Waals surface area contributed by atoms with Gasteiger partial charge in [-0.05, 0) is 29.8 Å². The normalized spacial score (nSPS) is 12.9. The maximum absolute atomic E-state index is 13.5. The molecule has 0 unspecified atom stereocenters. The van der Waals surface area contributed by atoms with Gasteiger partial charge in [0.25, 0.3) is 0 Å². The van der Waals surface area contributed by atoms with Crippen LogP contribution in [-0.4, -0.2) is 6.61 Å². The summed E-state index contributed by atoms with van der Waals surface area (Å²) in [7, 11) is 0. The summed E-state index contributed by atoms with van der Waals surface area (Å²) in [6.07, 6.45) is 0.932. The van der Waals surface area contributed by atoms with Gasteiger partial charge >= 0.3 is 0 Å². The van der Waals surface area contributed by atoms with Crippen LogP contribution < -0.4 is 10.1 Å². The van der Waals surface area contributed by atoms with Gasteiger partial charge in [0.2, 0.25) is 0 Å². The lowest BCUT2D eigenvalue weighted by molar-refractivity contribution is 0.354. The lowest BCUT2D eigenvalue weighted by atomic mass is 10.1. The van der Waals surface area contributed by atoms with Gasteiger partial charge in [-0.15, -0.1) is 0 Å². The molecule has 0 bridgehead atoms. The van der Waals surface area contributed by atoms with Gasteiger partial charge in [-0.25, -0.2) is 4.39 Å². The van der Waals surface area contributed by atoms with E-state index in [1.54, 1.807) is 12.1 Å². The Labute approximate surface area is 119 Å². The van der Waals surface area contributed by atoms with E-state index in [-0.39, 0.29) is 5.82 Å². The lowest BCUT2D eigenvalue weighted by Crippen LogP contribution is -2.03. The van der Waals surface area contributed by atoms with E-state index in [1.807, 2.05) is 12.1 Å². The van der Waals surface area contributed by atoms with E-state index in [0.717, 1.165) is 28.8 Å². The van der Waals surface area contributed by atoms with Crippen LogP contribution in [0.15, 0.2) is 40.9 Å². The Bertz CT molecular complexity index is 615. The summed E-state index contributed by atoms with van der Waals surface area (Å²) in [6.45, 7) is 1.27. The monoisotopic (exact) mass is 321 g/mol. The molecule has 0 aromatic heterocycles. The molecule has 0 saturated heterocycles. The molecule has 3 rings (SSSR count). The first-order valence-corrected chi connectivity index (χ1v) is 6.96. The molecule has 4 heteroatoms. The zero-order chi connectivity index (χ0) is 13.2. The summed E-state index contributed by atoms with van der Waals surface area (Å²) in [5.41, 5.74) is 2.76. The predicted molar refractivity (Wildman–Crippen MR) is 77.1 cm³/mol. The van der Waals surface area contributed by atoms with Crippen LogP contribution in [0.1, 0.15) is 11.1 Å². The Hall–Kier alpha value is -1.55. The summed E-state index contributed by atoms with van der Waals surface area (Å²) in [6, 6.07) is 10.8. The second-order valence-electron chi connectivity index (χ2n) is 4.49. The van der Waals surface area contributed by atoms with Crippen molar-refractivity contribution in [2.45, 2.75) is 13.0 Å². The quantitative estimate of drug-likeness (QED) is 0.917. The van der Waals surface area contributed by atoms with Crippen molar-refractivity contribution in [1.29, 1.82) is 0 Å². The Morgan fingerprint density at radius 2 is 2.11 bits per heavy atom. The largest absolute Gasteiger partial charge is 0.493 e. The molecule has 0 spiro atoms. The third kappa shape index (κ3) is 2.59. The Kier molecular flexibility index (Phi) is 3.42. The van der Waals surface area contributed by atoms with Gasteiger partial charge in [0.1, 0.15) is 11.6 Å². The van der Waals surface area contributed by atoms with Crippen molar-refractivity contribution in [1.82, 2.24) is 0 Å². The molecule has 0 atom stereocenters. The molecule has 98 valence electrons. The smallest absolute Gasteiger partial charge is 0.146 e. The molecule has 2 aromatic carbocycles. The van der Waals surface area contributed by atoms with Crippen LogP contribution in [0, 0.1) is 5.82 Å². The number of hydrogen-bond acceptors (Lipinski definition) is 2. The third-order valence-electron chi connectivity index (χ3n) is 3.17. The molecule has 0 aliphatic carbocycles. The zero-order valence-electron chi connectivity index (χ0n) is 10.2. The Morgan fingerprint density at radius 1 is 1.26 bits per heavy atom. The van der Waals surface area contributed by atoms with Crippen LogP contribution in [0.5, 0.6) is 5.75 Å². The number of nitrogens with one attached hydrogen (secondary N) is 1. The number of anilines is 1. The zero-order valence-corrected chi connectivity index (χ0v) is 11.8. The SMILES string of the molecule is Fc1ccccc1NCc1cc(Br)cc2c1OCC2. The average molecular weight is 322 g/mol. The number of fused-ring (bicyclic) bond motifs is 1. The molecule has 19 heavy (non-hydrogen) atoms. The molecule has 2 nitrogen and oxygen atoms in total. The van der Waals surface area contributed by atoms with Crippen LogP contribution in [0.3, 0.4) is 0 Å². The van der Waals surface area contributed by atoms with E-state index in [9.17, 15) is 4.39 Å². The topological polar surface area (TPSA) is 21.3 Å². The molecule has 0 fully saturated rings. The van der Waals surface area contributed by atoms with Crippen LogP contribution >= 0.6 is 15.9 Å². The number of para-hydroxylation sites is 1. The maximum atomic E-state index is 13.5. The number of ether oxygens (including phenoxy) is 1. The molecule has 1 heterocycles. The van der Waals surface area contributed by atoms with E-state index >= 15 is 0 Å². The van der Waals surface area contributed by atoms with Gasteiger partial charge in [0.05, 0.1) is 12.3 Å². The third-order valence-corrected chi connectivity index (χ3v) is 3.63. The highest BCUT2D eigenvalue weighted by Crippen LogP contribution is 2.33. The first kappa shape index (κ1) is 12.5. The molecule has 0 amide bonds. The van der Waals surface area contributed by atoms with Crippen LogP contribution in [0.4, 0.5) is 10.1 Å². The minimum Gasteiger partial charge on any atom is -0.493 e. The fourth-order valence-electron chi connectivity index (χ4n) is 2.27. The lowest BCUT2D eigenvalue weighted by Gasteiger charge is -2.11. The van der Waals surface area contributed by atoms with Crippen molar-refractivity contribution in [2.24, 2.45) is 0 Å². The standard InChI is InChI=1S/C15H13BrFNO/c16-12-7-10-5-6-19-15(10)11(8-12)9-18-14-4-2-1-3-13(14)17/h1-4,7-8,18H,5-6,9H2. The van der Waals surface area contributed by atoms with Gasteiger partial charge < -0.3 is 10.1 Å². The van der Waals surface area contributed by atoms with Crippen molar-refractivity contribution in [3.63, 3.8) is 0 Å². The molecule has 1 aliphatic rings. The van der Waals surface area contributed by atoms with E-state index in [0.29, 0.717) is 12.2 Å². The molecule has 2 aromatic rings. The summed E-state index contributed by atoms with van der Waals surface area (Å²) >= 11 is 3.50. The summed E-state index contributed by atoms with van der Waals surface area (Å²) in [5, 5.41) is 3.11. The van der Waals surface area contributed by atoms with E-state index in [1.165, 1.54) is 11.6 Å². The van der Waals surface area contributed by atoms with Crippen LogP contribution in [-0.2, 0) is 13.0 Å². The highest BCUT2D eigenvalue weighted by Gasteiger charge is 2.17. The van der Waals surface area contributed by atoms with Gasteiger partial charge in [-0.3, -0.25) is 0 Å². The Morgan fingerprint density at radius 3 is 2.95 bits per heavy atom. The summed E-state index contributed by atoms with van der Waals surface area (Å²) < 4.78 is 20.2. The minimum absolute atomic E-state index is 0.241. The van der Waals surface area contributed by atoms with Crippen molar-refractivity contribution in [3.8, 4) is 5.75 Å². The van der Waals surface area contributed by atoms with Gasteiger partial charge in [-0.1, -0.05) is 28.1 Å². The van der Waals surface area contributed by atoms with Gasteiger partial charge in [0.15, 0.2) is 0 Å². The van der Waals surface area contributed by atoms with Crippen molar-refractivity contribution in [3.05, 3.63) is 57.8 Å². The van der Waals surface area contributed by atoms with E-state index in [2.05, 4.69) is 27.3 Å². The molecule has 0 radical (unpaired) electrons. The first-order chi connectivity index (χ1) is 9.24. The minimum atomic E-state index is -0.241. The average Bonchev–Trinajstić information content (AvgIpc) is 2.85. The molecule has 1 aliphatic heterocycles. The fraction of sp³-hybridized carbons (Fsp3) is 0.200. The van der Waals surface area contributed by atoms with E-state index < -0.39 is 0 Å². The second kappa shape index (κ2) is 5.21. The highest BCUT2D eigenvalue weighted by atomic mass is 79.9. The van der Waals surface area contributed by atoms with Gasteiger partial charge in [-0.2, -0.15) is 0 Å². The fourth-order valence-corrected chi connectivity index (χ4v) is 2.83. The van der Waals surface area contributed by atoms with E-state index in [4.69, 9.17) is 4.74 Å². The number of rotatable bonds is 3. The number of hydrogen-bond donors (Lipinski definition) is 1. The molecular weight excluding hydrogens is 309 g/mol. The molecule has 1 N–H and O–H groups in total. The maximum Gasteiger partial charge on any atom is 0.146 e. The summed E-state index contributed by atoms with van der Waals surface area (Å²) in [4.78, 5) is 0. The summed E-state index contributed by atoms with van der Waals surface area (Å²) in [5.74, 6) is 0.696. The molecule has 0 saturated carbocycles. The van der Waals surface area contributed by atoms with Crippen LogP contribution in [0.25, 0.3) is 0 Å². The van der Waals surface area contributed by atoms with Crippen LogP contribution in [0.2, 0.25) is 0 Å². The van der Waals surface area contributed by atoms with Crippen molar-refractivity contribution in [2.75, 3.05) is 11.9 Å². The number of benzene rings is 2. The first-order valence-electron chi connectivity index (χ1n) is 6.16. The highest BCUT2D eigenvalue weighted by molar-refractivity contribution is 9.10. The van der Waals surface area contributed by atoms with Gasteiger partial charge in [0, 0.05) is 23.0 Å². The predicted octanol–water partition coefficient (Wildman–Crippen LogP) is 4.14. The Balaban J connectivity index is 1.83. The van der Waals surface area contributed by atoms with Crippen molar-refractivity contribution >= 4 is 21.6 Å². The molecular formula is C15H13BrFNO. The number of halogens is 2.